The minimum Gasteiger partial charge on any atom is -0.461 e. The van der Waals surface area contributed by atoms with Crippen LogP contribution in [-0.4, -0.2) is 19.1 Å². The Morgan fingerprint density at radius 3 is 2.63 bits per heavy atom. The Hall–Kier alpha value is -2.14. The van der Waals surface area contributed by atoms with Crippen molar-refractivity contribution in [1.29, 1.82) is 0 Å². The molecule has 148 valence electrons. The molecule has 0 spiro atoms. The molecule has 0 amide bonds. The minimum absolute atomic E-state index is 0.0535. The lowest BCUT2D eigenvalue weighted by Gasteiger charge is -2.45. The van der Waals surface area contributed by atoms with Gasteiger partial charge in [0.05, 0.1) is 0 Å². The first kappa shape index (κ1) is 21.2. The number of hydrogen-bond donors (Lipinski definition) is 2. The van der Waals surface area contributed by atoms with E-state index in [0.717, 1.165) is 37.1 Å². The van der Waals surface area contributed by atoms with E-state index in [4.69, 9.17) is 4.74 Å². The predicted octanol–water partition coefficient (Wildman–Crippen LogP) is 4.93. The second-order valence-corrected chi connectivity index (χ2v) is 7.31. The molecule has 0 aromatic heterocycles. The Bertz CT molecular complexity index is 724. The van der Waals surface area contributed by atoms with Gasteiger partial charge >= 0.3 is 5.97 Å². The van der Waals surface area contributed by atoms with Crippen molar-refractivity contribution in [2.24, 2.45) is 11.1 Å². The summed E-state index contributed by atoms with van der Waals surface area (Å²) >= 11 is 0. The molecule has 3 N–H and O–H groups in total. The van der Waals surface area contributed by atoms with Crippen LogP contribution in [0.4, 0.5) is 10.1 Å². The maximum Gasteiger partial charge on any atom is 0.305 e. The van der Waals surface area contributed by atoms with Gasteiger partial charge < -0.3 is 15.8 Å². The van der Waals surface area contributed by atoms with Gasteiger partial charge in [0.2, 0.25) is 0 Å². The van der Waals surface area contributed by atoms with Gasteiger partial charge in [0.25, 0.3) is 0 Å². The van der Waals surface area contributed by atoms with Gasteiger partial charge in [-0.25, -0.2) is 4.39 Å². The number of rotatable bonds is 4. The van der Waals surface area contributed by atoms with E-state index in [1.165, 1.54) is 30.3 Å². The molecule has 2 atom stereocenters. The summed E-state index contributed by atoms with van der Waals surface area (Å²) in [5.74, 6) is -0.358. The molecule has 0 radical (unpaired) electrons. The quantitative estimate of drug-likeness (QED) is 0.734. The van der Waals surface area contributed by atoms with Crippen molar-refractivity contribution < 1.29 is 13.9 Å². The summed E-state index contributed by atoms with van der Waals surface area (Å²) in [6.07, 6.45) is 6.41. The lowest BCUT2D eigenvalue weighted by Crippen LogP contribution is -2.42. The molecule has 0 bridgehead atoms. The molecule has 0 saturated heterocycles. The fourth-order valence-corrected chi connectivity index (χ4v) is 3.96. The van der Waals surface area contributed by atoms with Crippen LogP contribution in [0.5, 0.6) is 0 Å². The van der Waals surface area contributed by atoms with Gasteiger partial charge in [-0.05, 0) is 75.6 Å². The van der Waals surface area contributed by atoms with Crippen molar-refractivity contribution >= 4 is 11.7 Å². The SMILES string of the molecule is CCC(=O)OC1CCCC2=CC(Nc3ccc(F)cc3)=C(C)CC21C.CN. The largest absolute Gasteiger partial charge is 0.461 e. The van der Waals surface area contributed by atoms with Crippen LogP contribution in [0.2, 0.25) is 0 Å². The molecule has 1 aromatic rings. The zero-order valence-corrected chi connectivity index (χ0v) is 16.8. The second-order valence-electron chi connectivity index (χ2n) is 7.31. The van der Waals surface area contributed by atoms with Gasteiger partial charge in [-0.1, -0.05) is 19.4 Å². The van der Waals surface area contributed by atoms with Gasteiger partial charge in [-0.3, -0.25) is 4.79 Å². The average Bonchev–Trinajstić information content (AvgIpc) is 2.67. The molecule has 1 aromatic carbocycles. The molecule has 2 aliphatic rings. The monoisotopic (exact) mass is 374 g/mol. The summed E-state index contributed by atoms with van der Waals surface area (Å²) in [7, 11) is 1.50. The number of nitrogens with one attached hydrogen (secondary N) is 1. The number of ether oxygens (including phenoxy) is 1. The van der Waals surface area contributed by atoms with E-state index in [1.54, 1.807) is 12.1 Å². The van der Waals surface area contributed by atoms with Crippen LogP contribution in [0.15, 0.2) is 47.2 Å². The third-order valence-corrected chi connectivity index (χ3v) is 5.45. The lowest BCUT2D eigenvalue weighted by atomic mass is 9.64. The van der Waals surface area contributed by atoms with E-state index in [0.29, 0.717) is 6.42 Å². The first-order chi connectivity index (χ1) is 12.9. The summed E-state index contributed by atoms with van der Waals surface area (Å²) < 4.78 is 18.9. The normalized spacial score (nSPS) is 24.2. The number of esters is 1. The Morgan fingerprint density at radius 2 is 2.00 bits per heavy atom. The summed E-state index contributed by atoms with van der Waals surface area (Å²) in [5, 5.41) is 3.40. The highest BCUT2D eigenvalue weighted by Gasteiger charge is 2.44. The highest BCUT2D eigenvalue weighted by Crippen LogP contribution is 2.50. The summed E-state index contributed by atoms with van der Waals surface area (Å²) in [6.45, 7) is 6.16. The molecule has 2 aliphatic carbocycles. The van der Waals surface area contributed by atoms with Gasteiger partial charge in [0.1, 0.15) is 11.9 Å². The van der Waals surface area contributed by atoms with Crippen molar-refractivity contribution in [2.45, 2.75) is 59.0 Å². The molecule has 1 fully saturated rings. The zero-order valence-electron chi connectivity index (χ0n) is 16.8. The highest BCUT2D eigenvalue weighted by atomic mass is 19.1. The molecule has 1 saturated carbocycles. The number of nitrogens with two attached hydrogens (primary N) is 1. The van der Waals surface area contributed by atoms with Crippen molar-refractivity contribution in [1.82, 2.24) is 0 Å². The molecule has 0 heterocycles. The Balaban J connectivity index is 0.00000126. The Kier molecular flexibility index (Phi) is 7.19. The van der Waals surface area contributed by atoms with Crippen LogP contribution in [0.1, 0.15) is 52.9 Å². The molecular weight excluding hydrogens is 343 g/mol. The van der Waals surface area contributed by atoms with Gasteiger partial charge in [-0.15, -0.1) is 0 Å². The summed E-state index contributed by atoms with van der Waals surface area (Å²) in [4.78, 5) is 11.8. The zero-order chi connectivity index (χ0) is 20.0. The number of carbonyl (C=O) groups excluding carboxylic acids is 1. The summed E-state index contributed by atoms with van der Waals surface area (Å²) in [5.41, 5.74) is 8.89. The molecule has 0 aliphatic heterocycles. The van der Waals surface area contributed by atoms with E-state index in [1.807, 2.05) is 6.92 Å². The van der Waals surface area contributed by atoms with Crippen LogP contribution in [0.3, 0.4) is 0 Å². The average molecular weight is 375 g/mol. The predicted molar refractivity (Wildman–Crippen MR) is 108 cm³/mol. The first-order valence-corrected chi connectivity index (χ1v) is 9.63. The van der Waals surface area contributed by atoms with Gasteiger partial charge in [-0.2, -0.15) is 0 Å². The highest BCUT2D eigenvalue weighted by molar-refractivity contribution is 5.69. The van der Waals surface area contributed by atoms with Gasteiger partial charge in [0, 0.05) is 23.2 Å². The fraction of sp³-hybridized carbons (Fsp3) is 0.500. The topological polar surface area (TPSA) is 64.3 Å². The van der Waals surface area contributed by atoms with E-state index in [-0.39, 0.29) is 23.3 Å². The number of allylic oxidation sites excluding steroid dienone is 2. The molecule has 3 rings (SSSR count). The second kappa shape index (κ2) is 9.18. The van der Waals surface area contributed by atoms with E-state index in [9.17, 15) is 9.18 Å². The van der Waals surface area contributed by atoms with Crippen molar-refractivity contribution in [3.05, 3.63) is 53.0 Å². The number of halogens is 1. The third-order valence-electron chi connectivity index (χ3n) is 5.45. The maximum absolute atomic E-state index is 13.1. The number of benzene rings is 1. The Labute approximate surface area is 161 Å². The number of fused-ring (bicyclic) bond motifs is 1. The lowest BCUT2D eigenvalue weighted by molar-refractivity contribution is -0.155. The van der Waals surface area contributed by atoms with Crippen LogP contribution in [0, 0.1) is 11.2 Å². The van der Waals surface area contributed by atoms with Crippen molar-refractivity contribution in [3.63, 3.8) is 0 Å². The standard InChI is InChI=1S/C21H26FNO2.CH5N/c1-4-20(24)25-19-7-5-6-15-12-18(14(2)13-21(15,19)3)23-17-10-8-16(22)9-11-17;1-2/h8-12,19,23H,4-7,13H2,1-3H3;2H2,1H3. The molecule has 5 heteroatoms. The van der Waals surface area contributed by atoms with Crippen LogP contribution in [0.25, 0.3) is 0 Å². The van der Waals surface area contributed by atoms with Crippen LogP contribution >= 0.6 is 0 Å². The smallest absolute Gasteiger partial charge is 0.305 e. The van der Waals surface area contributed by atoms with E-state index in [2.05, 4.69) is 31.0 Å². The van der Waals surface area contributed by atoms with Crippen LogP contribution in [-0.2, 0) is 9.53 Å². The number of carbonyl (C=O) groups is 1. The molecule has 27 heavy (non-hydrogen) atoms. The fourth-order valence-electron chi connectivity index (χ4n) is 3.96. The minimum atomic E-state index is -0.237. The van der Waals surface area contributed by atoms with E-state index >= 15 is 0 Å². The van der Waals surface area contributed by atoms with E-state index < -0.39 is 0 Å². The van der Waals surface area contributed by atoms with Crippen LogP contribution < -0.4 is 11.1 Å². The number of anilines is 1. The van der Waals surface area contributed by atoms with Crippen molar-refractivity contribution in [3.8, 4) is 0 Å². The Morgan fingerprint density at radius 1 is 1.33 bits per heavy atom. The van der Waals surface area contributed by atoms with Gasteiger partial charge in [0.15, 0.2) is 0 Å². The summed E-state index contributed by atoms with van der Waals surface area (Å²) in [6, 6.07) is 6.40. The molecule has 4 nitrogen and oxygen atoms in total. The number of hydrogen-bond acceptors (Lipinski definition) is 4. The maximum atomic E-state index is 13.1. The van der Waals surface area contributed by atoms with Crippen molar-refractivity contribution in [2.75, 3.05) is 12.4 Å². The molecular formula is C22H31FN2O2. The molecule has 2 unspecified atom stereocenters. The third kappa shape index (κ3) is 4.78. The first-order valence-electron chi connectivity index (χ1n) is 9.63.